The van der Waals surface area contributed by atoms with Gasteiger partial charge < -0.3 is 5.73 Å². The fourth-order valence-electron chi connectivity index (χ4n) is 1.04. The SMILES string of the molecule is CC(C(N)=O)N(C)Cc1cc(Br)cs1. The fraction of sp³-hybridized carbons (Fsp3) is 0.444. The number of primary amides is 1. The number of carbonyl (C=O) groups excluding carboxylic acids is 1. The van der Waals surface area contributed by atoms with Crippen LogP contribution in [0.15, 0.2) is 15.9 Å². The molecule has 0 saturated carbocycles. The number of halogens is 1. The van der Waals surface area contributed by atoms with Crippen molar-refractivity contribution in [2.24, 2.45) is 5.73 Å². The lowest BCUT2D eigenvalue weighted by Crippen LogP contribution is -2.39. The number of likely N-dealkylation sites (N-methyl/N-ethyl adjacent to an activating group) is 1. The highest BCUT2D eigenvalue weighted by molar-refractivity contribution is 9.10. The summed E-state index contributed by atoms with van der Waals surface area (Å²) in [5.74, 6) is -0.289. The number of carbonyl (C=O) groups is 1. The minimum absolute atomic E-state index is 0.226. The van der Waals surface area contributed by atoms with E-state index in [2.05, 4.69) is 22.0 Å². The quantitative estimate of drug-likeness (QED) is 0.912. The van der Waals surface area contributed by atoms with Crippen molar-refractivity contribution in [1.29, 1.82) is 0 Å². The molecule has 1 amide bonds. The van der Waals surface area contributed by atoms with E-state index in [0.29, 0.717) is 0 Å². The van der Waals surface area contributed by atoms with Crippen LogP contribution in [0.1, 0.15) is 11.8 Å². The normalized spacial score (nSPS) is 13.1. The van der Waals surface area contributed by atoms with Crippen LogP contribution in [0.2, 0.25) is 0 Å². The van der Waals surface area contributed by atoms with E-state index in [-0.39, 0.29) is 11.9 Å². The van der Waals surface area contributed by atoms with Crippen molar-refractivity contribution in [2.45, 2.75) is 19.5 Å². The van der Waals surface area contributed by atoms with E-state index in [1.807, 2.05) is 24.3 Å². The number of amides is 1. The van der Waals surface area contributed by atoms with Crippen LogP contribution in [-0.4, -0.2) is 23.9 Å². The van der Waals surface area contributed by atoms with Gasteiger partial charge in [0.15, 0.2) is 0 Å². The first-order chi connectivity index (χ1) is 6.50. The largest absolute Gasteiger partial charge is 0.368 e. The number of thiophene rings is 1. The fourth-order valence-corrected chi connectivity index (χ4v) is 2.55. The number of hydrogen-bond donors (Lipinski definition) is 1. The van der Waals surface area contributed by atoms with Crippen LogP contribution in [0.3, 0.4) is 0 Å². The van der Waals surface area contributed by atoms with Gasteiger partial charge in [0.1, 0.15) is 0 Å². The zero-order chi connectivity index (χ0) is 10.7. The lowest BCUT2D eigenvalue weighted by atomic mass is 10.3. The molecule has 0 radical (unpaired) electrons. The highest BCUT2D eigenvalue weighted by Gasteiger charge is 2.15. The van der Waals surface area contributed by atoms with Crippen LogP contribution < -0.4 is 5.73 Å². The molecule has 1 unspecified atom stereocenters. The maximum atomic E-state index is 10.9. The van der Waals surface area contributed by atoms with E-state index < -0.39 is 0 Å². The van der Waals surface area contributed by atoms with Crippen molar-refractivity contribution in [3.63, 3.8) is 0 Å². The molecule has 0 fully saturated rings. The zero-order valence-corrected chi connectivity index (χ0v) is 10.6. The summed E-state index contributed by atoms with van der Waals surface area (Å²) in [6.07, 6.45) is 0. The maximum absolute atomic E-state index is 10.9. The molecule has 3 nitrogen and oxygen atoms in total. The predicted molar refractivity (Wildman–Crippen MR) is 62.1 cm³/mol. The Bertz CT molecular complexity index is 326. The average Bonchev–Trinajstić information content (AvgIpc) is 2.49. The van der Waals surface area contributed by atoms with Gasteiger partial charge in [-0.05, 0) is 36.0 Å². The maximum Gasteiger partial charge on any atom is 0.234 e. The Morgan fingerprint density at radius 3 is 2.86 bits per heavy atom. The standard InChI is InChI=1S/C9H13BrN2OS/c1-6(9(11)13)12(2)4-8-3-7(10)5-14-8/h3,5-6H,4H2,1-2H3,(H2,11,13). The molecule has 0 aliphatic heterocycles. The minimum atomic E-state index is -0.289. The van der Waals surface area contributed by atoms with Gasteiger partial charge in [0, 0.05) is 21.3 Å². The number of nitrogens with two attached hydrogens (primary N) is 1. The summed E-state index contributed by atoms with van der Waals surface area (Å²) >= 11 is 5.05. The van der Waals surface area contributed by atoms with Gasteiger partial charge in [0.25, 0.3) is 0 Å². The molecule has 1 aromatic heterocycles. The van der Waals surface area contributed by atoms with E-state index in [1.54, 1.807) is 11.3 Å². The van der Waals surface area contributed by atoms with Crippen LogP contribution in [0, 0.1) is 0 Å². The first kappa shape index (κ1) is 11.7. The van der Waals surface area contributed by atoms with Gasteiger partial charge in [0.2, 0.25) is 5.91 Å². The molecule has 0 bridgehead atoms. The molecule has 1 heterocycles. The van der Waals surface area contributed by atoms with E-state index in [0.717, 1.165) is 11.0 Å². The van der Waals surface area contributed by atoms with Crippen LogP contribution in [0.4, 0.5) is 0 Å². The molecule has 0 aliphatic rings. The van der Waals surface area contributed by atoms with Gasteiger partial charge >= 0.3 is 0 Å². The molecule has 1 atom stereocenters. The van der Waals surface area contributed by atoms with E-state index >= 15 is 0 Å². The first-order valence-corrected chi connectivity index (χ1v) is 5.90. The third-order valence-electron chi connectivity index (χ3n) is 2.10. The molecule has 0 spiro atoms. The van der Waals surface area contributed by atoms with Gasteiger partial charge in [-0.1, -0.05) is 0 Å². The third kappa shape index (κ3) is 3.08. The third-order valence-corrected chi connectivity index (χ3v) is 3.78. The molecule has 0 aliphatic carbocycles. The van der Waals surface area contributed by atoms with Crippen molar-refractivity contribution >= 4 is 33.2 Å². The van der Waals surface area contributed by atoms with Crippen LogP contribution in [0.25, 0.3) is 0 Å². The van der Waals surface area contributed by atoms with Gasteiger partial charge in [0.05, 0.1) is 6.04 Å². The molecule has 14 heavy (non-hydrogen) atoms. The Labute approximate surface area is 96.0 Å². The molecule has 1 rings (SSSR count). The smallest absolute Gasteiger partial charge is 0.234 e. The van der Waals surface area contributed by atoms with E-state index in [9.17, 15) is 4.79 Å². The van der Waals surface area contributed by atoms with Gasteiger partial charge in [-0.25, -0.2) is 0 Å². The average molecular weight is 277 g/mol. The second-order valence-corrected chi connectivity index (χ2v) is 5.14. The summed E-state index contributed by atoms with van der Waals surface area (Å²) in [4.78, 5) is 14.1. The monoisotopic (exact) mass is 276 g/mol. The van der Waals surface area contributed by atoms with Crippen molar-refractivity contribution in [2.75, 3.05) is 7.05 Å². The van der Waals surface area contributed by atoms with Crippen LogP contribution in [-0.2, 0) is 11.3 Å². The second-order valence-electron chi connectivity index (χ2n) is 3.22. The number of hydrogen-bond acceptors (Lipinski definition) is 3. The Kier molecular flexibility index (Phi) is 4.10. The van der Waals surface area contributed by atoms with Crippen LogP contribution >= 0.6 is 27.3 Å². The Balaban J connectivity index is 2.56. The molecule has 1 aromatic rings. The Hall–Kier alpha value is -0.390. The predicted octanol–water partition coefficient (Wildman–Crippen LogP) is 1.82. The van der Waals surface area contributed by atoms with Crippen molar-refractivity contribution in [1.82, 2.24) is 4.90 Å². The molecule has 78 valence electrons. The van der Waals surface area contributed by atoms with Gasteiger partial charge in [-0.3, -0.25) is 9.69 Å². The highest BCUT2D eigenvalue weighted by atomic mass is 79.9. The second kappa shape index (κ2) is 4.91. The number of rotatable bonds is 4. The lowest BCUT2D eigenvalue weighted by Gasteiger charge is -2.20. The zero-order valence-electron chi connectivity index (χ0n) is 8.16. The van der Waals surface area contributed by atoms with Crippen molar-refractivity contribution < 1.29 is 4.79 Å². The van der Waals surface area contributed by atoms with Gasteiger partial charge in [-0.15, -0.1) is 11.3 Å². The summed E-state index contributed by atoms with van der Waals surface area (Å²) in [5.41, 5.74) is 5.21. The summed E-state index contributed by atoms with van der Waals surface area (Å²) < 4.78 is 1.08. The lowest BCUT2D eigenvalue weighted by molar-refractivity contribution is -0.122. The van der Waals surface area contributed by atoms with Crippen molar-refractivity contribution in [3.8, 4) is 0 Å². The Morgan fingerprint density at radius 1 is 1.79 bits per heavy atom. The molecule has 2 N–H and O–H groups in total. The van der Waals surface area contributed by atoms with Gasteiger partial charge in [-0.2, -0.15) is 0 Å². The van der Waals surface area contributed by atoms with Crippen molar-refractivity contribution in [3.05, 3.63) is 20.8 Å². The summed E-state index contributed by atoms with van der Waals surface area (Å²) in [6.45, 7) is 2.56. The summed E-state index contributed by atoms with van der Waals surface area (Å²) in [7, 11) is 1.89. The summed E-state index contributed by atoms with van der Waals surface area (Å²) in [5, 5.41) is 2.03. The Morgan fingerprint density at radius 2 is 2.43 bits per heavy atom. The highest BCUT2D eigenvalue weighted by Crippen LogP contribution is 2.21. The topological polar surface area (TPSA) is 46.3 Å². The molecule has 0 aromatic carbocycles. The molecular weight excluding hydrogens is 264 g/mol. The number of nitrogens with zero attached hydrogens (tertiary/aromatic N) is 1. The first-order valence-electron chi connectivity index (χ1n) is 4.23. The van der Waals surface area contributed by atoms with Crippen LogP contribution in [0.5, 0.6) is 0 Å². The van der Waals surface area contributed by atoms with E-state index in [1.165, 1.54) is 4.88 Å². The molecule has 0 saturated heterocycles. The molecular formula is C9H13BrN2OS. The minimum Gasteiger partial charge on any atom is -0.368 e. The molecule has 5 heteroatoms. The summed E-state index contributed by atoms with van der Waals surface area (Å²) in [6, 6.07) is 1.82. The van der Waals surface area contributed by atoms with E-state index in [4.69, 9.17) is 5.73 Å².